The molecule has 2 rings (SSSR count). The first-order valence-electron chi connectivity index (χ1n) is 6.97. The van der Waals surface area contributed by atoms with Crippen LogP contribution >= 0.6 is 11.8 Å². The first-order valence-corrected chi connectivity index (χ1v) is 8.20. The number of nitrogens with one attached hydrogen (secondary N) is 1. The van der Waals surface area contributed by atoms with Crippen LogP contribution in [-0.4, -0.2) is 34.3 Å². The third kappa shape index (κ3) is 4.42. The summed E-state index contributed by atoms with van der Waals surface area (Å²) < 4.78 is 5.14. The maximum Gasteiger partial charge on any atom is 0.209 e. The molecule has 0 saturated carbocycles. The van der Waals surface area contributed by atoms with Crippen LogP contribution in [0.2, 0.25) is 0 Å². The number of methoxy groups -OCH3 is 1. The van der Waals surface area contributed by atoms with Crippen molar-refractivity contribution in [3.05, 3.63) is 36.2 Å². The lowest BCUT2D eigenvalue weighted by atomic mass is 10.2. The van der Waals surface area contributed by atoms with Crippen molar-refractivity contribution in [2.75, 3.05) is 18.8 Å². The molecule has 0 amide bonds. The average Bonchev–Trinajstić information content (AvgIpc) is 2.59. The largest absolute Gasteiger partial charge is 0.497 e. The van der Waals surface area contributed by atoms with E-state index in [1.165, 1.54) is 11.8 Å². The molecule has 6 nitrogen and oxygen atoms in total. The molecule has 0 fully saturated rings. The first-order chi connectivity index (χ1) is 10.8. The van der Waals surface area contributed by atoms with Crippen LogP contribution in [0.25, 0.3) is 0 Å². The van der Waals surface area contributed by atoms with Crippen LogP contribution in [0, 0.1) is 0 Å². The monoisotopic (exact) mass is 317 g/mol. The quantitative estimate of drug-likeness (QED) is 0.480. The van der Waals surface area contributed by atoms with Gasteiger partial charge >= 0.3 is 0 Å². The lowest BCUT2D eigenvalue weighted by molar-refractivity contribution is 0.415. The van der Waals surface area contributed by atoms with Gasteiger partial charge in [-0.1, -0.05) is 25.1 Å². The Morgan fingerprint density at radius 1 is 1.32 bits per heavy atom. The summed E-state index contributed by atoms with van der Waals surface area (Å²) in [6.45, 7) is 2.10. The lowest BCUT2D eigenvalue weighted by Crippen LogP contribution is -2.09. The van der Waals surface area contributed by atoms with E-state index >= 15 is 0 Å². The number of hydrazone groups is 1. The van der Waals surface area contributed by atoms with E-state index in [-0.39, 0.29) is 0 Å². The van der Waals surface area contributed by atoms with Crippen LogP contribution in [0.1, 0.15) is 25.5 Å². The molecule has 1 N–H and O–H groups in total. The van der Waals surface area contributed by atoms with Gasteiger partial charge in [-0.2, -0.15) is 10.2 Å². The van der Waals surface area contributed by atoms with Crippen molar-refractivity contribution in [2.24, 2.45) is 5.10 Å². The SMILES string of the molecule is CCC/C(=N/Nc1ccc(OC)cc1)c1cnnc(SC)n1. The molecule has 7 heteroatoms. The minimum atomic E-state index is 0.644. The Labute approximate surface area is 134 Å². The minimum Gasteiger partial charge on any atom is -0.497 e. The van der Waals surface area contributed by atoms with Crippen molar-refractivity contribution >= 4 is 23.2 Å². The minimum absolute atomic E-state index is 0.644. The molecule has 0 aliphatic rings. The fourth-order valence-corrected chi connectivity index (χ4v) is 2.11. The summed E-state index contributed by atoms with van der Waals surface area (Å²) in [7, 11) is 1.64. The van der Waals surface area contributed by atoms with Gasteiger partial charge in [-0.25, -0.2) is 4.98 Å². The molecule has 22 heavy (non-hydrogen) atoms. The molecule has 0 aliphatic carbocycles. The smallest absolute Gasteiger partial charge is 0.209 e. The number of ether oxygens (including phenoxy) is 1. The fourth-order valence-electron chi connectivity index (χ4n) is 1.79. The maximum atomic E-state index is 5.14. The Balaban J connectivity index is 2.18. The van der Waals surface area contributed by atoms with Crippen LogP contribution in [-0.2, 0) is 0 Å². The number of anilines is 1. The average molecular weight is 317 g/mol. The van der Waals surface area contributed by atoms with Crippen LogP contribution in [0.15, 0.2) is 40.7 Å². The predicted octanol–water partition coefficient (Wildman–Crippen LogP) is 3.22. The van der Waals surface area contributed by atoms with E-state index in [1.807, 2.05) is 30.5 Å². The number of thioether (sulfide) groups is 1. The maximum absolute atomic E-state index is 5.14. The predicted molar refractivity (Wildman–Crippen MR) is 89.7 cm³/mol. The number of nitrogens with zero attached hydrogens (tertiary/aromatic N) is 4. The highest BCUT2D eigenvalue weighted by molar-refractivity contribution is 7.98. The van der Waals surface area contributed by atoms with E-state index in [9.17, 15) is 0 Å². The van der Waals surface area contributed by atoms with E-state index in [2.05, 4.69) is 32.6 Å². The second-order valence-corrected chi connectivity index (χ2v) is 5.25. The molecule has 0 bridgehead atoms. The summed E-state index contributed by atoms with van der Waals surface area (Å²) in [5.41, 5.74) is 5.56. The zero-order valence-electron chi connectivity index (χ0n) is 12.9. The van der Waals surface area contributed by atoms with E-state index in [1.54, 1.807) is 13.3 Å². The third-order valence-corrected chi connectivity index (χ3v) is 3.45. The highest BCUT2D eigenvalue weighted by Gasteiger charge is 2.07. The summed E-state index contributed by atoms with van der Waals surface area (Å²) in [5.74, 6) is 0.813. The Bertz CT molecular complexity index is 630. The Morgan fingerprint density at radius 3 is 2.73 bits per heavy atom. The molecule has 1 heterocycles. The molecular formula is C15H19N5OS. The van der Waals surface area contributed by atoms with Gasteiger partial charge in [0.1, 0.15) is 11.4 Å². The zero-order chi connectivity index (χ0) is 15.8. The first kappa shape index (κ1) is 16.2. The molecule has 0 unspecified atom stereocenters. The van der Waals surface area contributed by atoms with Crippen LogP contribution in [0.3, 0.4) is 0 Å². The molecule has 0 saturated heterocycles. The van der Waals surface area contributed by atoms with E-state index < -0.39 is 0 Å². The second kappa shape index (κ2) is 8.33. The molecular weight excluding hydrogens is 298 g/mol. The molecule has 0 atom stereocenters. The van der Waals surface area contributed by atoms with Gasteiger partial charge in [0, 0.05) is 0 Å². The van der Waals surface area contributed by atoms with Gasteiger partial charge in [0.2, 0.25) is 5.16 Å². The lowest BCUT2D eigenvalue weighted by Gasteiger charge is -2.07. The van der Waals surface area contributed by atoms with Gasteiger partial charge in [0.05, 0.1) is 24.7 Å². The van der Waals surface area contributed by atoms with Gasteiger partial charge in [-0.05, 0) is 36.9 Å². The number of rotatable bonds is 7. The summed E-state index contributed by atoms with van der Waals surface area (Å²) in [6, 6.07) is 7.60. The molecule has 1 aromatic carbocycles. The molecule has 2 aromatic rings. The number of aromatic nitrogens is 3. The summed E-state index contributed by atoms with van der Waals surface area (Å²) in [6.07, 6.45) is 5.36. The van der Waals surface area contributed by atoms with Crippen molar-refractivity contribution in [2.45, 2.75) is 24.9 Å². The van der Waals surface area contributed by atoms with Crippen molar-refractivity contribution in [3.63, 3.8) is 0 Å². The normalized spacial score (nSPS) is 11.3. The fraction of sp³-hybridized carbons (Fsp3) is 0.333. The highest BCUT2D eigenvalue weighted by Crippen LogP contribution is 2.15. The van der Waals surface area contributed by atoms with Gasteiger partial charge < -0.3 is 4.74 Å². The summed E-state index contributed by atoms with van der Waals surface area (Å²) in [4.78, 5) is 4.45. The van der Waals surface area contributed by atoms with Gasteiger partial charge in [-0.3, -0.25) is 5.43 Å². The summed E-state index contributed by atoms with van der Waals surface area (Å²) in [5, 5.41) is 13.0. The number of hydrogen-bond donors (Lipinski definition) is 1. The van der Waals surface area contributed by atoms with E-state index in [4.69, 9.17) is 4.74 Å². The van der Waals surface area contributed by atoms with Crippen LogP contribution in [0.5, 0.6) is 5.75 Å². The number of benzene rings is 1. The third-order valence-electron chi connectivity index (χ3n) is 2.91. The zero-order valence-corrected chi connectivity index (χ0v) is 13.7. The van der Waals surface area contributed by atoms with Crippen molar-refractivity contribution < 1.29 is 4.74 Å². The molecule has 0 radical (unpaired) electrons. The molecule has 0 spiro atoms. The van der Waals surface area contributed by atoms with Crippen molar-refractivity contribution in [3.8, 4) is 5.75 Å². The summed E-state index contributed by atoms with van der Waals surface area (Å²) >= 11 is 1.46. The Morgan fingerprint density at radius 2 is 2.09 bits per heavy atom. The van der Waals surface area contributed by atoms with Crippen LogP contribution < -0.4 is 10.2 Å². The molecule has 1 aromatic heterocycles. The topological polar surface area (TPSA) is 72.3 Å². The second-order valence-electron chi connectivity index (χ2n) is 4.48. The van der Waals surface area contributed by atoms with Gasteiger partial charge in [-0.15, -0.1) is 5.10 Å². The Kier molecular flexibility index (Phi) is 6.14. The molecule has 0 aliphatic heterocycles. The highest BCUT2D eigenvalue weighted by atomic mass is 32.2. The van der Waals surface area contributed by atoms with Crippen molar-refractivity contribution in [1.29, 1.82) is 0 Å². The van der Waals surface area contributed by atoms with Gasteiger partial charge in [0.25, 0.3) is 0 Å². The van der Waals surface area contributed by atoms with Gasteiger partial charge in [0.15, 0.2) is 0 Å². The van der Waals surface area contributed by atoms with E-state index in [0.29, 0.717) is 5.16 Å². The van der Waals surface area contributed by atoms with E-state index in [0.717, 1.165) is 35.7 Å². The standard InChI is InChI=1S/C15H19N5OS/c1-4-5-13(14-10-16-20-15(17-14)22-3)19-18-11-6-8-12(21-2)9-7-11/h6-10,18H,4-5H2,1-3H3/b19-13-. The Hall–Kier alpha value is -2.15. The van der Waals surface area contributed by atoms with Crippen LogP contribution in [0.4, 0.5) is 5.69 Å². The number of hydrogen-bond acceptors (Lipinski definition) is 7. The van der Waals surface area contributed by atoms with Crippen molar-refractivity contribution in [1.82, 2.24) is 15.2 Å². The molecule has 116 valence electrons.